The predicted octanol–water partition coefficient (Wildman–Crippen LogP) is 17.5. The first-order chi connectivity index (χ1) is 38.1. The molecule has 15 rings (SSSR count). The van der Waals surface area contributed by atoms with Gasteiger partial charge in [-0.1, -0.05) is 134 Å². The second-order valence-electron chi connectivity index (χ2n) is 26.7. The molecule has 0 bridgehead atoms. The second kappa shape index (κ2) is 20.7. The van der Waals surface area contributed by atoms with Gasteiger partial charge < -0.3 is 14.1 Å². The van der Waals surface area contributed by atoms with Gasteiger partial charge in [-0.05, 0) is 217 Å². The van der Waals surface area contributed by atoms with Crippen LogP contribution in [0.25, 0.3) is 12.2 Å². The molecular formula is C73H88N2O2. The number of ether oxygens (including phenoxy) is 1. The molecule has 2 heterocycles. The first kappa shape index (κ1) is 49.3. The molecular weight excluding hydrogens is 937 g/mol. The summed E-state index contributed by atoms with van der Waals surface area (Å²) < 4.78 is 13.7. The summed E-state index contributed by atoms with van der Waals surface area (Å²) in [6.07, 6.45) is 72.7. The lowest BCUT2D eigenvalue weighted by Crippen LogP contribution is -2.54. The average Bonchev–Trinajstić information content (AvgIpc) is 4.33. The molecule has 13 atom stereocenters. The summed E-state index contributed by atoms with van der Waals surface area (Å²) >= 11 is 0. The van der Waals surface area contributed by atoms with Crippen molar-refractivity contribution in [2.75, 3.05) is 0 Å². The molecule has 77 heavy (non-hydrogen) atoms. The average molecular weight is 1030 g/mol. The Morgan fingerprint density at radius 3 is 2.45 bits per heavy atom. The maximum atomic E-state index is 6.91. The Morgan fingerprint density at radius 2 is 1.58 bits per heavy atom. The largest absolute Gasteiger partial charge is 0.490 e. The lowest BCUT2D eigenvalue weighted by Gasteiger charge is -2.54. The smallest absolute Gasteiger partial charge is 0.130 e. The van der Waals surface area contributed by atoms with Gasteiger partial charge in [0, 0.05) is 71.6 Å². The number of nitrogens with zero attached hydrogens (tertiary/aromatic N) is 2. The number of furan rings is 1. The minimum Gasteiger partial charge on any atom is -0.490 e. The minimum absolute atomic E-state index is 0.188. The van der Waals surface area contributed by atoms with Crippen LogP contribution in [0.2, 0.25) is 0 Å². The predicted molar refractivity (Wildman–Crippen MR) is 316 cm³/mol. The summed E-state index contributed by atoms with van der Waals surface area (Å²) in [7, 11) is 0. The van der Waals surface area contributed by atoms with Crippen molar-refractivity contribution in [2.45, 2.75) is 210 Å². The summed E-state index contributed by atoms with van der Waals surface area (Å²) in [5.41, 5.74) is 14.9. The molecule has 0 spiro atoms. The third-order valence-electron chi connectivity index (χ3n) is 23.3. The van der Waals surface area contributed by atoms with Crippen molar-refractivity contribution in [3.05, 3.63) is 172 Å². The van der Waals surface area contributed by atoms with E-state index in [0.717, 1.165) is 55.3 Å². The van der Waals surface area contributed by atoms with E-state index in [9.17, 15) is 0 Å². The maximum Gasteiger partial charge on any atom is 0.130 e. The molecule has 4 heteroatoms. The Labute approximate surface area is 462 Å². The van der Waals surface area contributed by atoms with Gasteiger partial charge >= 0.3 is 0 Å². The lowest BCUT2D eigenvalue weighted by atomic mass is 9.52. The highest BCUT2D eigenvalue weighted by atomic mass is 16.5. The van der Waals surface area contributed by atoms with E-state index in [1.54, 1.807) is 33.6 Å². The minimum atomic E-state index is 0.188. The Kier molecular flexibility index (Phi) is 13.2. The Morgan fingerprint density at radius 1 is 0.688 bits per heavy atom. The molecule has 1 aliphatic heterocycles. The van der Waals surface area contributed by atoms with Gasteiger partial charge in [0.2, 0.25) is 0 Å². The highest BCUT2D eigenvalue weighted by Crippen LogP contribution is 2.69. The summed E-state index contributed by atoms with van der Waals surface area (Å²) in [6, 6.07) is 11.5. The lowest BCUT2D eigenvalue weighted by molar-refractivity contribution is 0.0160. The van der Waals surface area contributed by atoms with Crippen LogP contribution in [0.1, 0.15) is 182 Å². The highest BCUT2D eigenvalue weighted by Gasteiger charge is 2.64. The van der Waals surface area contributed by atoms with E-state index in [2.05, 4.69) is 126 Å². The normalized spacial score (nSPS) is 37.1. The van der Waals surface area contributed by atoms with E-state index in [-0.39, 0.29) is 11.5 Å². The second-order valence-corrected chi connectivity index (χ2v) is 26.7. The fourth-order valence-corrected chi connectivity index (χ4v) is 20.1. The molecule has 3 fully saturated rings. The van der Waals surface area contributed by atoms with Crippen molar-refractivity contribution >= 4 is 12.2 Å². The fraction of sp³-hybridized carbons (Fsp3) is 0.562. The third-order valence-corrected chi connectivity index (χ3v) is 23.3. The van der Waals surface area contributed by atoms with Gasteiger partial charge in [-0.3, -0.25) is 4.90 Å². The van der Waals surface area contributed by atoms with E-state index in [0.29, 0.717) is 59.8 Å². The topological polar surface area (TPSA) is 28.9 Å². The van der Waals surface area contributed by atoms with Gasteiger partial charge in [-0.25, -0.2) is 0 Å². The van der Waals surface area contributed by atoms with Crippen molar-refractivity contribution in [1.29, 1.82) is 0 Å². The number of hydrogen-bond donors (Lipinski definition) is 0. The van der Waals surface area contributed by atoms with Crippen molar-refractivity contribution in [3.63, 3.8) is 0 Å². The zero-order valence-corrected chi connectivity index (χ0v) is 46.5. The van der Waals surface area contributed by atoms with Crippen LogP contribution in [-0.2, 0) is 19.3 Å². The molecule has 1 aromatic heterocycles. The SMILES string of the molecule is C=Cc1ccc(OC2CC=C(C3(C4CCCCC4)C4C=CC=CC4C4C=CC(N(C5CCC6=C(CCC(C7=CC8C9CCCC=C9N(C9CC=CCC9)C8CC7)=C6)C5)C5CCc6c(oc7c6CCC=C7)C5)CC43)CC2)cc1. The van der Waals surface area contributed by atoms with E-state index in [4.69, 9.17) is 9.15 Å². The van der Waals surface area contributed by atoms with Gasteiger partial charge in [0.1, 0.15) is 23.4 Å². The van der Waals surface area contributed by atoms with Crippen molar-refractivity contribution in [1.82, 2.24) is 9.80 Å². The summed E-state index contributed by atoms with van der Waals surface area (Å²) in [5.74, 6) is 8.03. The Hall–Kier alpha value is -4.80. The van der Waals surface area contributed by atoms with Crippen LogP contribution in [-0.4, -0.2) is 46.1 Å². The van der Waals surface area contributed by atoms with Crippen LogP contribution in [0.3, 0.4) is 0 Å². The summed E-state index contributed by atoms with van der Waals surface area (Å²) in [5, 5.41) is 0. The highest BCUT2D eigenvalue weighted by molar-refractivity contribution is 5.55. The van der Waals surface area contributed by atoms with E-state index in [1.807, 2.05) is 11.6 Å². The number of rotatable bonds is 10. The molecule has 0 N–H and O–H groups in total. The fourth-order valence-electron chi connectivity index (χ4n) is 20.1. The monoisotopic (exact) mass is 1020 g/mol. The molecule has 12 aliphatic carbocycles. The number of benzene rings is 1. The molecule has 1 saturated heterocycles. The zero-order valence-electron chi connectivity index (χ0n) is 46.5. The number of likely N-dealkylation sites (tertiary alicyclic amines) is 1. The van der Waals surface area contributed by atoms with Gasteiger partial charge in [0.25, 0.3) is 0 Å². The molecule has 2 saturated carbocycles. The van der Waals surface area contributed by atoms with Crippen LogP contribution >= 0.6 is 0 Å². The van der Waals surface area contributed by atoms with Crippen LogP contribution in [0.4, 0.5) is 0 Å². The standard InChI is InChI=1S/C73H88N2O2/c1-2-48-25-36-59(37-26-48)76-60-38-31-54(32-39-60)73(53-15-5-3-6-16-53)67-22-12-9-19-61(67)62-40-34-57(46-68(62)73)74(58-35-41-65-64-21-11-14-24-71(64)77-72(65)47-58)56-33-29-50-43-49(27-28-51(50)44-56)52-30-42-70-66(45-52)63-20-10-13-23-69(63)75(70)55-17-7-4-8-18-55/h2,4,7,9,12,14,19,22-26,31,34,36-37,40,43,45,53,55-58,60-63,66-68,70H,1,3,5-6,8,10-11,13,15-18,20-21,27-30,32-33,35,38-39,41-42,44,46-47H2. The van der Waals surface area contributed by atoms with Gasteiger partial charge in [0.15, 0.2) is 0 Å². The van der Waals surface area contributed by atoms with Crippen LogP contribution in [0.15, 0.2) is 148 Å². The van der Waals surface area contributed by atoms with Crippen LogP contribution in [0.5, 0.6) is 5.75 Å². The van der Waals surface area contributed by atoms with E-state index in [1.165, 1.54) is 158 Å². The number of hydrogen-bond acceptors (Lipinski definition) is 4. The van der Waals surface area contributed by atoms with Crippen molar-refractivity contribution in [2.24, 2.45) is 46.8 Å². The quantitative estimate of drug-likeness (QED) is 0.222. The van der Waals surface area contributed by atoms with Gasteiger partial charge in [0.05, 0.1) is 0 Å². The molecule has 0 amide bonds. The molecule has 0 radical (unpaired) electrons. The Bertz CT molecular complexity index is 2920. The summed E-state index contributed by atoms with van der Waals surface area (Å²) in [4.78, 5) is 6.20. The van der Waals surface area contributed by atoms with Crippen LogP contribution < -0.4 is 4.74 Å². The van der Waals surface area contributed by atoms with Gasteiger partial charge in [-0.15, -0.1) is 0 Å². The van der Waals surface area contributed by atoms with Crippen LogP contribution in [0, 0.1) is 46.8 Å². The van der Waals surface area contributed by atoms with Crippen molar-refractivity contribution in [3.8, 4) is 5.75 Å². The molecule has 13 unspecified atom stereocenters. The molecule has 1 aromatic carbocycles. The molecule has 2 aromatic rings. The maximum absolute atomic E-state index is 6.91. The van der Waals surface area contributed by atoms with Gasteiger partial charge in [-0.2, -0.15) is 0 Å². The number of allylic oxidation sites excluding steroid dienone is 14. The number of fused-ring (bicyclic) bond motifs is 9. The summed E-state index contributed by atoms with van der Waals surface area (Å²) in [6.45, 7) is 3.98. The van der Waals surface area contributed by atoms with E-state index < -0.39 is 0 Å². The first-order valence-corrected chi connectivity index (χ1v) is 32.0. The zero-order chi connectivity index (χ0) is 51.0. The molecule has 4 nitrogen and oxygen atoms in total. The Balaban J connectivity index is 0.745. The van der Waals surface area contributed by atoms with Crippen molar-refractivity contribution < 1.29 is 9.15 Å². The van der Waals surface area contributed by atoms with E-state index >= 15 is 0 Å². The first-order valence-electron chi connectivity index (χ1n) is 32.0. The molecule has 13 aliphatic rings. The molecule has 402 valence electrons. The third kappa shape index (κ3) is 8.59.